The molecule has 0 fully saturated rings. The fourth-order valence-corrected chi connectivity index (χ4v) is 4.22. The molecule has 2 atom stereocenters. The number of thiophene rings is 1. The SMILES string of the molecule is Cc1ccc([C@H]([NH2+][C@@H](C)C(=O)NCc2ccc3c(c2)OCO3)c2cccs2)cc1. The molecular weight excluding hydrogens is 384 g/mol. The lowest BCUT2D eigenvalue weighted by Gasteiger charge is -2.19. The molecule has 2 heterocycles. The van der Waals surface area contributed by atoms with E-state index in [1.165, 1.54) is 16.0 Å². The Bertz CT molecular complexity index is 970. The van der Waals surface area contributed by atoms with Crippen LogP contribution in [0.3, 0.4) is 0 Å². The molecule has 1 aliphatic heterocycles. The van der Waals surface area contributed by atoms with Crippen molar-refractivity contribution in [1.82, 2.24) is 5.32 Å². The number of ether oxygens (including phenoxy) is 2. The predicted molar refractivity (Wildman–Crippen MR) is 113 cm³/mol. The van der Waals surface area contributed by atoms with Gasteiger partial charge in [-0.25, -0.2) is 0 Å². The molecule has 4 rings (SSSR count). The van der Waals surface area contributed by atoms with E-state index in [-0.39, 0.29) is 24.8 Å². The van der Waals surface area contributed by atoms with Crippen LogP contribution in [-0.4, -0.2) is 18.7 Å². The quantitative estimate of drug-likeness (QED) is 0.630. The van der Waals surface area contributed by atoms with E-state index < -0.39 is 0 Å². The van der Waals surface area contributed by atoms with Gasteiger partial charge in [-0.15, -0.1) is 11.3 Å². The van der Waals surface area contributed by atoms with Crippen molar-refractivity contribution in [2.75, 3.05) is 6.79 Å². The van der Waals surface area contributed by atoms with Gasteiger partial charge in [0.05, 0.1) is 4.88 Å². The summed E-state index contributed by atoms with van der Waals surface area (Å²) >= 11 is 1.72. The molecular formula is C23H25N2O3S+. The van der Waals surface area contributed by atoms with Gasteiger partial charge in [0.15, 0.2) is 17.5 Å². The van der Waals surface area contributed by atoms with Crippen LogP contribution >= 0.6 is 11.3 Å². The zero-order chi connectivity index (χ0) is 20.2. The van der Waals surface area contributed by atoms with Crippen molar-refractivity contribution in [3.05, 3.63) is 81.5 Å². The maximum Gasteiger partial charge on any atom is 0.278 e. The van der Waals surface area contributed by atoms with Gasteiger partial charge >= 0.3 is 0 Å². The highest BCUT2D eigenvalue weighted by Gasteiger charge is 2.25. The standard InChI is InChI=1S/C23H24N2O3S/c1-15-5-8-18(9-6-15)22(21-4-3-11-29-21)25-16(2)23(26)24-13-17-7-10-19-20(12-17)28-14-27-19/h3-12,16,22,25H,13-14H2,1-2H3,(H,24,26)/p+1/t16-,22-/m0/s1. The van der Waals surface area contributed by atoms with Gasteiger partial charge in [0.2, 0.25) is 6.79 Å². The average Bonchev–Trinajstić information content (AvgIpc) is 3.42. The summed E-state index contributed by atoms with van der Waals surface area (Å²) in [6.45, 7) is 4.74. The molecule has 0 saturated heterocycles. The Kier molecular flexibility index (Phi) is 5.83. The topological polar surface area (TPSA) is 64.2 Å². The van der Waals surface area contributed by atoms with Crippen LogP contribution in [0.1, 0.15) is 34.5 Å². The van der Waals surface area contributed by atoms with Crippen molar-refractivity contribution in [2.24, 2.45) is 0 Å². The Hall–Kier alpha value is -2.83. The Morgan fingerprint density at radius 3 is 2.69 bits per heavy atom. The van der Waals surface area contributed by atoms with Gasteiger partial charge < -0.3 is 20.1 Å². The number of hydrogen-bond donors (Lipinski definition) is 2. The number of carbonyl (C=O) groups is 1. The number of hydrogen-bond acceptors (Lipinski definition) is 4. The summed E-state index contributed by atoms with van der Waals surface area (Å²) in [6, 6.07) is 18.3. The first kappa shape index (κ1) is 19.5. The summed E-state index contributed by atoms with van der Waals surface area (Å²) in [4.78, 5) is 14.0. The number of benzene rings is 2. The largest absolute Gasteiger partial charge is 0.454 e. The Morgan fingerprint density at radius 2 is 1.93 bits per heavy atom. The molecule has 1 aromatic heterocycles. The van der Waals surface area contributed by atoms with E-state index in [4.69, 9.17) is 9.47 Å². The minimum atomic E-state index is -0.225. The van der Waals surface area contributed by atoms with Crippen molar-refractivity contribution in [3.8, 4) is 11.5 Å². The van der Waals surface area contributed by atoms with Gasteiger partial charge in [-0.1, -0.05) is 42.0 Å². The molecule has 29 heavy (non-hydrogen) atoms. The molecule has 0 spiro atoms. The highest BCUT2D eigenvalue weighted by molar-refractivity contribution is 7.10. The molecule has 0 radical (unpaired) electrons. The molecule has 2 aromatic carbocycles. The number of nitrogens with one attached hydrogen (secondary N) is 1. The fraction of sp³-hybridized carbons (Fsp3) is 0.261. The molecule has 3 N–H and O–H groups in total. The third-order valence-electron chi connectivity index (χ3n) is 5.08. The lowest BCUT2D eigenvalue weighted by Crippen LogP contribution is -2.92. The first-order chi connectivity index (χ1) is 14.1. The molecule has 5 nitrogen and oxygen atoms in total. The molecule has 0 saturated carbocycles. The first-order valence-electron chi connectivity index (χ1n) is 9.71. The normalized spacial score (nSPS) is 14.4. The Morgan fingerprint density at radius 1 is 1.14 bits per heavy atom. The van der Waals surface area contributed by atoms with Gasteiger partial charge in [0, 0.05) is 12.1 Å². The molecule has 1 amide bonds. The molecule has 0 bridgehead atoms. The Labute approximate surface area is 174 Å². The maximum absolute atomic E-state index is 12.7. The fourth-order valence-electron chi connectivity index (χ4n) is 3.39. The number of carbonyl (C=O) groups excluding carboxylic acids is 1. The zero-order valence-electron chi connectivity index (χ0n) is 16.6. The minimum Gasteiger partial charge on any atom is -0.454 e. The van der Waals surface area contributed by atoms with Crippen LogP contribution in [-0.2, 0) is 11.3 Å². The van der Waals surface area contributed by atoms with E-state index in [0.717, 1.165) is 17.1 Å². The van der Waals surface area contributed by atoms with Gasteiger partial charge in [-0.3, -0.25) is 4.79 Å². The van der Waals surface area contributed by atoms with Crippen molar-refractivity contribution in [3.63, 3.8) is 0 Å². The second-order valence-electron chi connectivity index (χ2n) is 7.29. The number of fused-ring (bicyclic) bond motifs is 1. The van der Waals surface area contributed by atoms with Crippen LogP contribution in [0.5, 0.6) is 11.5 Å². The van der Waals surface area contributed by atoms with Crippen LogP contribution in [0.25, 0.3) is 0 Å². The monoisotopic (exact) mass is 409 g/mol. The smallest absolute Gasteiger partial charge is 0.278 e. The van der Waals surface area contributed by atoms with E-state index >= 15 is 0 Å². The van der Waals surface area contributed by atoms with E-state index in [1.54, 1.807) is 11.3 Å². The second kappa shape index (κ2) is 8.68. The lowest BCUT2D eigenvalue weighted by molar-refractivity contribution is -0.704. The first-order valence-corrected chi connectivity index (χ1v) is 10.6. The summed E-state index contributed by atoms with van der Waals surface area (Å²) in [5, 5.41) is 7.25. The molecule has 0 aliphatic carbocycles. The minimum absolute atomic E-state index is 0.0105. The van der Waals surface area contributed by atoms with E-state index in [2.05, 4.69) is 59.3 Å². The highest BCUT2D eigenvalue weighted by atomic mass is 32.1. The van der Waals surface area contributed by atoms with Gasteiger partial charge in [-0.2, -0.15) is 0 Å². The third kappa shape index (κ3) is 4.60. The van der Waals surface area contributed by atoms with Crippen LogP contribution in [0.4, 0.5) is 0 Å². The zero-order valence-corrected chi connectivity index (χ0v) is 17.4. The number of nitrogens with two attached hydrogens (primary N) is 1. The molecule has 6 heteroatoms. The lowest BCUT2D eigenvalue weighted by atomic mass is 10.0. The van der Waals surface area contributed by atoms with Crippen molar-refractivity contribution in [1.29, 1.82) is 0 Å². The Balaban J connectivity index is 1.41. The highest BCUT2D eigenvalue weighted by Crippen LogP contribution is 2.32. The number of amides is 1. The van der Waals surface area contributed by atoms with E-state index in [1.807, 2.05) is 25.1 Å². The number of aryl methyl sites for hydroxylation is 1. The number of rotatable bonds is 7. The van der Waals surface area contributed by atoms with Crippen molar-refractivity contribution in [2.45, 2.75) is 32.5 Å². The van der Waals surface area contributed by atoms with Crippen molar-refractivity contribution < 1.29 is 19.6 Å². The third-order valence-corrected chi connectivity index (χ3v) is 6.04. The second-order valence-corrected chi connectivity index (χ2v) is 8.27. The summed E-state index contributed by atoms with van der Waals surface area (Å²) in [7, 11) is 0. The summed E-state index contributed by atoms with van der Waals surface area (Å²) in [5.74, 6) is 1.49. The molecule has 150 valence electrons. The summed E-state index contributed by atoms with van der Waals surface area (Å²) in [5.41, 5.74) is 3.42. The molecule has 3 aromatic rings. The van der Waals surface area contributed by atoms with Gasteiger partial charge in [0.25, 0.3) is 5.91 Å². The number of quaternary nitrogens is 1. The molecule has 0 unspecified atom stereocenters. The van der Waals surface area contributed by atoms with Gasteiger partial charge in [0.1, 0.15) is 6.04 Å². The van der Waals surface area contributed by atoms with Crippen LogP contribution < -0.4 is 20.1 Å². The van der Waals surface area contributed by atoms with Crippen LogP contribution in [0.15, 0.2) is 60.0 Å². The van der Waals surface area contributed by atoms with E-state index in [9.17, 15) is 4.79 Å². The van der Waals surface area contributed by atoms with Crippen LogP contribution in [0, 0.1) is 6.92 Å². The van der Waals surface area contributed by atoms with Crippen molar-refractivity contribution >= 4 is 17.2 Å². The maximum atomic E-state index is 12.7. The average molecular weight is 410 g/mol. The van der Waals surface area contributed by atoms with Crippen LogP contribution in [0.2, 0.25) is 0 Å². The van der Waals surface area contributed by atoms with E-state index in [0.29, 0.717) is 6.54 Å². The summed E-state index contributed by atoms with van der Waals surface area (Å²) in [6.07, 6.45) is 0. The van der Waals surface area contributed by atoms with Gasteiger partial charge in [-0.05, 0) is 43.0 Å². The summed E-state index contributed by atoms with van der Waals surface area (Å²) < 4.78 is 10.7. The molecule has 1 aliphatic rings. The predicted octanol–water partition coefficient (Wildman–Crippen LogP) is 3.14.